The van der Waals surface area contributed by atoms with E-state index in [4.69, 9.17) is 10.5 Å². The van der Waals surface area contributed by atoms with E-state index in [0.29, 0.717) is 26.1 Å². The third-order valence-electron chi connectivity index (χ3n) is 4.58. The number of hydrogen-bond acceptors (Lipinski definition) is 5. The van der Waals surface area contributed by atoms with Crippen LogP contribution in [0.2, 0.25) is 0 Å². The lowest BCUT2D eigenvalue weighted by Gasteiger charge is -2.34. The van der Waals surface area contributed by atoms with Crippen LogP contribution in [-0.2, 0) is 9.53 Å². The lowest BCUT2D eigenvalue weighted by molar-refractivity contribution is -0.132. The van der Waals surface area contributed by atoms with Crippen molar-refractivity contribution in [2.24, 2.45) is 11.1 Å². The average Bonchev–Trinajstić information content (AvgIpc) is 3.11. The first-order chi connectivity index (χ1) is 12.0. The van der Waals surface area contributed by atoms with Crippen molar-refractivity contribution in [3.63, 3.8) is 0 Å². The highest BCUT2D eigenvalue weighted by Gasteiger charge is 2.38. The van der Waals surface area contributed by atoms with E-state index in [9.17, 15) is 9.59 Å². The van der Waals surface area contributed by atoms with Gasteiger partial charge in [-0.1, -0.05) is 22.9 Å². The summed E-state index contributed by atoms with van der Waals surface area (Å²) in [6.45, 7) is 3.08. The predicted molar refractivity (Wildman–Crippen MR) is 90.1 cm³/mol. The van der Waals surface area contributed by atoms with Crippen molar-refractivity contribution in [1.29, 1.82) is 0 Å². The number of aromatic nitrogens is 3. The SMILES string of the molecule is Cc1ccc(-n2cc(C(=O)NCC3(C(N)=O)CCOCC3)nn2)cc1. The van der Waals surface area contributed by atoms with Gasteiger partial charge in [0.25, 0.3) is 5.91 Å². The zero-order chi connectivity index (χ0) is 17.9. The summed E-state index contributed by atoms with van der Waals surface area (Å²) in [5.41, 5.74) is 6.92. The number of hydrogen-bond donors (Lipinski definition) is 2. The van der Waals surface area contributed by atoms with E-state index in [-0.39, 0.29) is 18.1 Å². The van der Waals surface area contributed by atoms with Gasteiger partial charge < -0.3 is 15.8 Å². The van der Waals surface area contributed by atoms with E-state index >= 15 is 0 Å². The van der Waals surface area contributed by atoms with Crippen molar-refractivity contribution in [1.82, 2.24) is 20.3 Å². The summed E-state index contributed by atoms with van der Waals surface area (Å²) in [5, 5.41) is 10.6. The van der Waals surface area contributed by atoms with E-state index in [1.807, 2.05) is 31.2 Å². The van der Waals surface area contributed by atoms with Gasteiger partial charge in [-0.25, -0.2) is 4.68 Å². The highest BCUT2D eigenvalue weighted by atomic mass is 16.5. The molecule has 0 atom stereocenters. The van der Waals surface area contributed by atoms with Crippen LogP contribution in [-0.4, -0.2) is 46.6 Å². The lowest BCUT2D eigenvalue weighted by atomic mass is 9.79. The summed E-state index contributed by atoms with van der Waals surface area (Å²) in [6, 6.07) is 7.71. The van der Waals surface area contributed by atoms with E-state index in [0.717, 1.165) is 11.3 Å². The summed E-state index contributed by atoms with van der Waals surface area (Å²) in [4.78, 5) is 24.2. The second-order valence-corrected chi connectivity index (χ2v) is 6.32. The Hall–Kier alpha value is -2.74. The smallest absolute Gasteiger partial charge is 0.273 e. The number of nitrogens with two attached hydrogens (primary N) is 1. The number of nitrogens with zero attached hydrogens (tertiary/aromatic N) is 3. The molecule has 1 aliphatic heterocycles. The van der Waals surface area contributed by atoms with Gasteiger partial charge in [0.15, 0.2) is 5.69 Å². The van der Waals surface area contributed by atoms with Gasteiger partial charge in [0.05, 0.1) is 17.3 Å². The van der Waals surface area contributed by atoms with Crippen LogP contribution in [0.3, 0.4) is 0 Å². The number of carbonyl (C=O) groups excluding carboxylic acids is 2. The zero-order valence-corrected chi connectivity index (χ0v) is 14.1. The van der Waals surface area contributed by atoms with Crippen LogP contribution in [0.5, 0.6) is 0 Å². The first-order valence-electron chi connectivity index (χ1n) is 8.15. The summed E-state index contributed by atoms with van der Waals surface area (Å²) < 4.78 is 6.82. The Morgan fingerprint density at radius 1 is 1.28 bits per heavy atom. The van der Waals surface area contributed by atoms with Crippen LogP contribution in [0.4, 0.5) is 0 Å². The van der Waals surface area contributed by atoms with Crippen molar-refractivity contribution in [2.45, 2.75) is 19.8 Å². The Morgan fingerprint density at radius 2 is 1.96 bits per heavy atom. The van der Waals surface area contributed by atoms with E-state index in [1.165, 1.54) is 4.68 Å². The Labute approximate surface area is 145 Å². The number of amides is 2. The molecule has 1 aromatic carbocycles. The minimum atomic E-state index is -0.763. The van der Waals surface area contributed by atoms with Gasteiger partial charge in [-0.2, -0.15) is 0 Å². The fourth-order valence-electron chi connectivity index (χ4n) is 2.80. The fourth-order valence-corrected chi connectivity index (χ4v) is 2.80. The minimum absolute atomic E-state index is 0.169. The highest BCUT2D eigenvalue weighted by Crippen LogP contribution is 2.29. The van der Waals surface area contributed by atoms with Crippen LogP contribution in [0.15, 0.2) is 30.5 Å². The maximum absolute atomic E-state index is 12.3. The van der Waals surface area contributed by atoms with Crippen molar-refractivity contribution in [3.8, 4) is 5.69 Å². The molecule has 0 spiro atoms. The third-order valence-corrected chi connectivity index (χ3v) is 4.58. The van der Waals surface area contributed by atoms with E-state index in [2.05, 4.69) is 15.6 Å². The fraction of sp³-hybridized carbons (Fsp3) is 0.412. The molecule has 0 unspecified atom stereocenters. The van der Waals surface area contributed by atoms with Gasteiger partial charge in [0, 0.05) is 19.8 Å². The Balaban J connectivity index is 1.67. The van der Waals surface area contributed by atoms with Gasteiger partial charge >= 0.3 is 0 Å². The van der Waals surface area contributed by atoms with Crippen LogP contribution in [0.1, 0.15) is 28.9 Å². The molecule has 2 aromatic rings. The molecule has 1 aromatic heterocycles. The maximum atomic E-state index is 12.3. The number of benzene rings is 1. The molecule has 0 aliphatic carbocycles. The van der Waals surface area contributed by atoms with Crippen LogP contribution in [0, 0.1) is 12.3 Å². The van der Waals surface area contributed by atoms with E-state index < -0.39 is 11.3 Å². The highest BCUT2D eigenvalue weighted by molar-refractivity contribution is 5.92. The van der Waals surface area contributed by atoms with Gasteiger partial charge in [-0.05, 0) is 31.9 Å². The average molecular weight is 343 g/mol. The second kappa shape index (κ2) is 7.02. The summed E-state index contributed by atoms with van der Waals surface area (Å²) in [6.07, 6.45) is 2.55. The molecular formula is C17H21N5O3. The molecule has 3 rings (SSSR count). The van der Waals surface area contributed by atoms with Gasteiger partial charge in [0.2, 0.25) is 5.91 Å². The van der Waals surface area contributed by atoms with Crippen molar-refractivity contribution in [2.75, 3.05) is 19.8 Å². The lowest BCUT2D eigenvalue weighted by Crippen LogP contribution is -2.49. The third kappa shape index (κ3) is 3.69. The normalized spacial score (nSPS) is 16.4. The molecule has 1 aliphatic rings. The number of rotatable bonds is 5. The molecule has 25 heavy (non-hydrogen) atoms. The van der Waals surface area contributed by atoms with Crippen molar-refractivity contribution >= 4 is 11.8 Å². The molecule has 3 N–H and O–H groups in total. The largest absolute Gasteiger partial charge is 0.381 e. The van der Waals surface area contributed by atoms with Crippen molar-refractivity contribution < 1.29 is 14.3 Å². The Morgan fingerprint density at radius 3 is 2.60 bits per heavy atom. The number of nitrogens with one attached hydrogen (secondary N) is 1. The monoisotopic (exact) mass is 343 g/mol. The van der Waals surface area contributed by atoms with Crippen LogP contribution in [0.25, 0.3) is 5.69 Å². The maximum Gasteiger partial charge on any atom is 0.273 e. The van der Waals surface area contributed by atoms with Crippen LogP contribution >= 0.6 is 0 Å². The quantitative estimate of drug-likeness (QED) is 0.825. The van der Waals surface area contributed by atoms with Gasteiger partial charge in [-0.3, -0.25) is 9.59 Å². The van der Waals surface area contributed by atoms with Crippen molar-refractivity contribution in [3.05, 3.63) is 41.7 Å². The molecular weight excluding hydrogens is 322 g/mol. The summed E-state index contributed by atoms with van der Waals surface area (Å²) >= 11 is 0. The number of carbonyl (C=O) groups is 2. The first-order valence-corrected chi connectivity index (χ1v) is 8.15. The topological polar surface area (TPSA) is 112 Å². The summed E-state index contributed by atoms with van der Waals surface area (Å²) in [7, 11) is 0. The molecule has 1 saturated heterocycles. The van der Waals surface area contributed by atoms with Gasteiger partial charge in [-0.15, -0.1) is 5.10 Å². The molecule has 0 bridgehead atoms. The first kappa shape index (κ1) is 17.1. The molecule has 0 radical (unpaired) electrons. The number of aryl methyl sites for hydroxylation is 1. The molecule has 1 fully saturated rings. The predicted octanol–water partition coefficient (Wildman–Crippen LogP) is 0.588. The Kier molecular flexibility index (Phi) is 4.80. The summed E-state index contributed by atoms with van der Waals surface area (Å²) in [5.74, 6) is -0.801. The molecule has 0 saturated carbocycles. The molecule has 2 amide bonds. The standard InChI is InChI=1S/C17H21N5O3/c1-12-2-4-13(5-3-12)22-10-14(20-21-22)15(23)19-11-17(16(18)24)6-8-25-9-7-17/h2-5,10H,6-9,11H2,1H3,(H2,18,24)(H,19,23). The van der Waals surface area contributed by atoms with Crippen LogP contribution < -0.4 is 11.1 Å². The molecule has 132 valence electrons. The number of ether oxygens (including phenoxy) is 1. The van der Waals surface area contributed by atoms with E-state index in [1.54, 1.807) is 6.20 Å². The minimum Gasteiger partial charge on any atom is -0.381 e. The Bertz CT molecular complexity index is 763. The zero-order valence-electron chi connectivity index (χ0n) is 14.1. The second-order valence-electron chi connectivity index (χ2n) is 6.32. The number of primary amides is 1. The molecule has 8 heteroatoms. The molecule has 2 heterocycles. The van der Waals surface area contributed by atoms with Gasteiger partial charge in [0.1, 0.15) is 0 Å². The molecule has 8 nitrogen and oxygen atoms in total.